The smallest absolute Gasteiger partial charge is 0.264 e. The minimum Gasteiger partial charge on any atom is -0.335 e. The molecule has 1 saturated heterocycles. The summed E-state index contributed by atoms with van der Waals surface area (Å²) < 4.78 is 0.988. The summed E-state index contributed by atoms with van der Waals surface area (Å²) in [5.41, 5.74) is 1.38. The van der Waals surface area contributed by atoms with Crippen molar-refractivity contribution in [2.75, 3.05) is 32.7 Å². The van der Waals surface area contributed by atoms with E-state index in [0.29, 0.717) is 0 Å². The molecule has 1 amide bonds. The van der Waals surface area contributed by atoms with Gasteiger partial charge in [0.2, 0.25) is 0 Å². The predicted octanol–water partition coefficient (Wildman–Crippen LogP) is 3.51. The number of rotatable bonds is 4. The van der Waals surface area contributed by atoms with Gasteiger partial charge in [0.05, 0.1) is 4.88 Å². The van der Waals surface area contributed by atoms with E-state index in [-0.39, 0.29) is 5.91 Å². The van der Waals surface area contributed by atoms with Crippen LogP contribution in [0.5, 0.6) is 0 Å². The summed E-state index contributed by atoms with van der Waals surface area (Å²) >= 11 is 4.92. The number of nitrogens with zero attached hydrogens (tertiary/aromatic N) is 2. The molecular weight excluding hydrogens is 360 g/mol. The number of thiophene rings is 1. The van der Waals surface area contributed by atoms with Gasteiger partial charge in [-0.25, -0.2) is 0 Å². The molecule has 1 aliphatic rings. The second-order valence-corrected chi connectivity index (χ2v) is 7.33. The molecule has 2 heterocycles. The Morgan fingerprint density at radius 2 is 1.86 bits per heavy atom. The summed E-state index contributed by atoms with van der Waals surface area (Å²) in [5, 5.41) is 1.96. The predicted molar refractivity (Wildman–Crippen MR) is 94.5 cm³/mol. The van der Waals surface area contributed by atoms with Crippen LogP contribution >= 0.6 is 27.3 Å². The van der Waals surface area contributed by atoms with Gasteiger partial charge >= 0.3 is 0 Å². The summed E-state index contributed by atoms with van der Waals surface area (Å²) in [7, 11) is 0. The third kappa shape index (κ3) is 3.97. The van der Waals surface area contributed by atoms with E-state index in [1.54, 1.807) is 0 Å². The molecule has 22 heavy (non-hydrogen) atoms. The number of carbonyl (C=O) groups excluding carboxylic acids is 1. The molecule has 3 nitrogen and oxygen atoms in total. The minimum atomic E-state index is 0.165. The van der Waals surface area contributed by atoms with Gasteiger partial charge in [-0.1, -0.05) is 30.3 Å². The lowest BCUT2D eigenvalue weighted by Gasteiger charge is -2.34. The Hall–Kier alpha value is -1.17. The highest BCUT2D eigenvalue weighted by molar-refractivity contribution is 9.10. The Bertz CT molecular complexity index is 621. The number of amides is 1. The van der Waals surface area contributed by atoms with Crippen LogP contribution in [-0.4, -0.2) is 48.4 Å². The number of carbonyl (C=O) groups is 1. The zero-order valence-corrected chi connectivity index (χ0v) is 14.8. The van der Waals surface area contributed by atoms with Crippen LogP contribution in [0.2, 0.25) is 0 Å². The number of hydrogen-bond acceptors (Lipinski definition) is 3. The molecule has 1 aromatic heterocycles. The van der Waals surface area contributed by atoms with E-state index in [2.05, 4.69) is 51.2 Å². The maximum Gasteiger partial charge on any atom is 0.264 e. The number of piperazine rings is 1. The maximum atomic E-state index is 12.4. The van der Waals surface area contributed by atoms with Crippen molar-refractivity contribution in [3.05, 3.63) is 56.7 Å². The Morgan fingerprint density at radius 3 is 2.50 bits per heavy atom. The number of benzene rings is 1. The van der Waals surface area contributed by atoms with E-state index >= 15 is 0 Å². The molecule has 0 N–H and O–H groups in total. The van der Waals surface area contributed by atoms with Crippen LogP contribution in [0.1, 0.15) is 15.2 Å². The summed E-state index contributed by atoms with van der Waals surface area (Å²) in [5.74, 6) is 0.165. The number of hydrogen-bond donors (Lipinski definition) is 0. The average molecular weight is 379 g/mol. The third-order valence-electron chi connectivity index (χ3n) is 4.00. The molecule has 3 rings (SSSR count). The van der Waals surface area contributed by atoms with Gasteiger partial charge in [-0.2, -0.15) is 0 Å². The average Bonchev–Trinajstić information content (AvgIpc) is 3.00. The van der Waals surface area contributed by atoms with Gasteiger partial charge < -0.3 is 4.90 Å². The van der Waals surface area contributed by atoms with E-state index in [4.69, 9.17) is 0 Å². The van der Waals surface area contributed by atoms with Crippen molar-refractivity contribution in [1.82, 2.24) is 9.80 Å². The molecule has 0 radical (unpaired) electrons. The second kappa shape index (κ2) is 7.40. The molecule has 0 bridgehead atoms. The first kappa shape index (κ1) is 15.7. The first-order valence-electron chi connectivity index (χ1n) is 7.52. The lowest BCUT2D eigenvalue weighted by Crippen LogP contribution is -2.48. The summed E-state index contributed by atoms with van der Waals surface area (Å²) in [4.78, 5) is 17.6. The molecule has 0 saturated carbocycles. The molecule has 0 atom stereocenters. The van der Waals surface area contributed by atoms with Crippen molar-refractivity contribution in [1.29, 1.82) is 0 Å². The zero-order chi connectivity index (χ0) is 15.4. The highest BCUT2D eigenvalue weighted by Gasteiger charge is 2.22. The largest absolute Gasteiger partial charge is 0.335 e. The van der Waals surface area contributed by atoms with Gasteiger partial charge in [0.25, 0.3) is 5.91 Å². The van der Waals surface area contributed by atoms with Crippen molar-refractivity contribution in [3.8, 4) is 0 Å². The van der Waals surface area contributed by atoms with Crippen LogP contribution in [0.4, 0.5) is 0 Å². The SMILES string of the molecule is O=C(c1cc(Br)cs1)N1CCN(CCc2ccccc2)CC1. The molecular formula is C17H19BrN2OS. The Balaban J connectivity index is 1.47. The molecule has 1 aliphatic heterocycles. The molecule has 2 aromatic rings. The van der Waals surface area contributed by atoms with Crippen LogP contribution in [-0.2, 0) is 6.42 Å². The van der Waals surface area contributed by atoms with Gasteiger partial charge in [-0.05, 0) is 34.0 Å². The first-order valence-corrected chi connectivity index (χ1v) is 9.19. The highest BCUT2D eigenvalue weighted by Crippen LogP contribution is 2.21. The van der Waals surface area contributed by atoms with E-state index in [0.717, 1.165) is 48.5 Å². The quantitative estimate of drug-likeness (QED) is 0.812. The zero-order valence-electron chi connectivity index (χ0n) is 12.4. The molecule has 1 fully saturated rings. The lowest BCUT2D eigenvalue weighted by atomic mass is 10.1. The normalized spacial score (nSPS) is 16.0. The van der Waals surface area contributed by atoms with E-state index < -0.39 is 0 Å². The Kier molecular flexibility index (Phi) is 5.28. The standard InChI is InChI=1S/C17H19BrN2OS/c18-15-12-16(22-13-15)17(21)20-10-8-19(9-11-20)7-6-14-4-2-1-3-5-14/h1-5,12-13H,6-11H2. The van der Waals surface area contributed by atoms with Crippen LogP contribution in [0, 0.1) is 0 Å². The third-order valence-corrected chi connectivity index (χ3v) is 5.68. The van der Waals surface area contributed by atoms with Gasteiger partial charge in [0.1, 0.15) is 0 Å². The highest BCUT2D eigenvalue weighted by atomic mass is 79.9. The fraction of sp³-hybridized carbons (Fsp3) is 0.353. The molecule has 116 valence electrons. The van der Waals surface area contributed by atoms with Crippen LogP contribution < -0.4 is 0 Å². The van der Waals surface area contributed by atoms with E-state index in [9.17, 15) is 4.79 Å². The fourth-order valence-corrected chi connectivity index (χ4v) is 4.08. The van der Waals surface area contributed by atoms with E-state index in [1.807, 2.05) is 16.3 Å². The fourth-order valence-electron chi connectivity index (χ4n) is 2.69. The molecule has 1 aromatic carbocycles. The Morgan fingerprint density at radius 1 is 1.14 bits per heavy atom. The second-order valence-electron chi connectivity index (χ2n) is 5.50. The molecule has 0 aliphatic carbocycles. The molecule has 0 spiro atoms. The summed E-state index contributed by atoms with van der Waals surface area (Å²) in [6.45, 7) is 4.64. The lowest BCUT2D eigenvalue weighted by molar-refractivity contribution is 0.0643. The van der Waals surface area contributed by atoms with Gasteiger partial charge in [-0.15, -0.1) is 11.3 Å². The topological polar surface area (TPSA) is 23.6 Å². The van der Waals surface area contributed by atoms with Crippen molar-refractivity contribution in [2.24, 2.45) is 0 Å². The van der Waals surface area contributed by atoms with Gasteiger partial charge in [0, 0.05) is 42.6 Å². The monoisotopic (exact) mass is 378 g/mol. The Labute approximate surface area is 143 Å². The summed E-state index contributed by atoms with van der Waals surface area (Å²) in [6.07, 6.45) is 1.08. The minimum absolute atomic E-state index is 0.165. The number of halogens is 1. The van der Waals surface area contributed by atoms with Crippen molar-refractivity contribution >= 4 is 33.2 Å². The van der Waals surface area contributed by atoms with Crippen LogP contribution in [0.15, 0.2) is 46.3 Å². The molecule has 5 heteroatoms. The van der Waals surface area contributed by atoms with Crippen molar-refractivity contribution in [3.63, 3.8) is 0 Å². The van der Waals surface area contributed by atoms with Crippen molar-refractivity contribution < 1.29 is 4.79 Å². The van der Waals surface area contributed by atoms with Gasteiger partial charge in [0.15, 0.2) is 0 Å². The van der Waals surface area contributed by atoms with Crippen LogP contribution in [0.3, 0.4) is 0 Å². The van der Waals surface area contributed by atoms with Crippen molar-refractivity contribution in [2.45, 2.75) is 6.42 Å². The maximum absolute atomic E-state index is 12.4. The van der Waals surface area contributed by atoms with E-state index in [1.165, 1.54) is 16.9 Å². The molecule has 0 unspecified atom stereocenters. The van der Waals surface area contributed by atoms with Gasteiger partial charge in [-0.3, -0.25) is 9.69 Å². The first-order chi connectivity index (χ1) is 10.7. The van der Waals surface area contributed by atoms with Crippen LogP contribution in [0.25, 0.3) is 0 Å². The summed E-state index contributed by atoms with van der Waals surface area (Å²) in [6, 6.07) is 12.5.